The SMILES string of the molecule is CCOc1cc(OCC)c(/C=C(/C#N)c2nc3ccc(OC)cc3[nH]2)cc1Br. The van der Waals surface area contributed by atoms with Gasteiger partial charge in [-0.1, -0.05) is 0 Å². The number of ether oxygens (including phenoxy) is 3. The van der Waals surface area contributed by atoms with Gasteiger partial charge < -0.3 is 19.2 Å². The molecule has 7 heteroatoms. The third kappa shape index (κ3) is 4.12. The smallest absolute Gasteiger partial charge is 0.149 e. The molecule has 0 amide bonds. The third-order valence-corrected chi connectivity index (χ3v) is 4.65. The number of rotatable bonds is 7. The van der Waals surface area contributed by atoms with E-state index in [1.807, 2.05) is 44.2 Å². The van der Waals surface area contributed by atoms with E-state index in [1.165, 1.54) is 0 Å². The minimum Gasteiger partial charge on any atom is -0.497 e. The third-order valence-electron chi connectivity index (χ3n) is 4.03. The number of halogens is 1. The van der Waals surface area contributed by atoms with E-state index in [9.17, 15) is 5.26 Å². The Morgan fingerprint density at radius 1 is 1.18 bits per heavy atom. The van der Waals surface area contributed by atoms with Gasteiger partial charge in [0.25, 0.3) is 0 Å². The molecule has 144 valence electrons. The molecule has 0 aliphatic rings. The van der Waals surface area contributed by atoms with Crippen LogP contribution in [0.15, 0.2) is 34.8 Å². The minimum atomic E-state index is 0.396. The van der Waals surface area contributed by atoms with E-state index in [4.69, 9.17) is 14.2 Å². The van der Waals surface area contributed by atoms with Crippen LogP contribution < -0.4 is 14.2 Å². The normalized spacial score (nSPS) is 11.3. The highest BCUT2D eigenvalue weighted by Crippen LogP contribution is 2.35. The zero-order chi connectivity index (χ0) is 20.1. The van der Waals surface area contributed by atoms with Crippen molar-refractivity contribution in [1.29, 1.82) is 5.26 Å². The van der Waals surface area contributed by atoms with Crippen LogP contribution in [0.5, 0.6) is 17.2 Å². The van der Waals surface area contributed by atoms with Crippen LogP contribution >= 0.6 is 15.9 Å². The second kappa shape index (κ2) is 8.81. The summed E-state index contributed by atoms with van der Waals surface area (Å²) in [6.45, 7) is 4.88. The number of fused-ring (bicyclic) bond motifs is 1. The molecular formula is C21H20BrN3O3. The number of methoxy groups -OCH3 is 1. The predicted molar refractivity (Wildman–Crippen MR) is 113 cm³/mol. The van der Waals surface area contributed by atoms with Crippen LogP contribution in [0, 0.1) is 11.3 Å². The summed E-state index contributed by atoms with van der Waals surface area (Å²) in [4.78, 5) is 7.70. The van der Waals surface area contributed by atoms with E-state index in [0.29, 0.717) is 36.1 Å². The number of hydrogen-bond donors (Lipinski definition) is 1. The molecule has 3 aromatic rings. The summed E-state index contributed by atoms with van der Waals surface area (Å²) in [7, 11) is 1.61. The van der Waals surface area contributed by atoms with Gasteiger partial charge in [0, 0.05) is 17.7 Å². The molecule has 1 heterocycles. The number of aromatic nitrogens is 2. The molecule has 1 aromatic heterocycles. The number of nitrogens with zero attached hydrogens (tertiary/aromatic N) is 2. The number of allylic oxidation sites excluding steroid dienone is 1. The number of aromatic amines is 1. The van der Waals surface area contributed by atoms with Crippen LogP contribution in [0.2, 0.25) is 0 Å². The molecule has 2 aromatic carbocycles. The average molecular weight is 442 g/mol. The van der Waals surface area contributed by atoms with Gasteiger partial charge in [-0.25, -0.2) is 4.98 Å². The Hall–Kier alpha value is -2.98. The highest BCUT2D eigenvalue weighted by atomic mass is 79.9. The summed E-state index contributed by atoms with van der Waals surface area (Å²) in [5.41, 5.74) is 2.71. The van der Waals surface area contributed by atoms with E-state index in [-0.39, 0.29) is 0 Å². The van der Waals surface area contributed by atoms with Crippen molar-refractivity contribution in [3.05, 3.63) is 46.2 Å². The average Bonchev–Trinajstić information content (AvgIpc) is 3.12. The van der Waals surface area contributed by atoms with Crippen molar-refractivity contribution in [2.24, 2.45) is 0 Å². The van der Waals surface area contributed by atoms with Crippen LogP contribution in [0.4, 0.5) is 0 Å². The van der Waals surface area contributed by atoms with Crippen LogP contribution in [0.1, 0.15) is 25.2 Å². The lowest BCUT2D eigenvalue weighted by molar-refractivity contribution is 0.321. The molecule has 28 heavy (non-hydrogen) atoms. The standard InChI is InChI=1S/C21H20BrN3O3/c1-4-27-19-11-20(28-5-2)16(22)9-13(19)8-14(12-23)21-24-17-7-6-15(26-3)10-18(17)25-21/h6-11H,4-5H2,1-3H3,(H,24,25)/b14-8-. The van der Waals surface area contributed by atoms with Gasteiger partial charge in [-0.3, -0.25) is 0 Å². The van der Waals surface area contributed by atoms with Crippen molar-refractivity contribution in [2.45, 2.75) is 13.8 Å². The summed E-state index contributed by atoms with van der Waals surface area (Å²) >= 11 is 3.52. The zero-order valence-corrected chi connectivity index (χ0v) is 17.5. The quantitative estimate of drug-likeness (QED) is 0.509. The molecule has 0 spiro atoms. The van der Waals surface area contributed by atoms with Gasteiger partial charge in [0.15, 0.2) is 0 Å². The molecule has 0 saturated heterocycles. The highest BCUT2D eigenvalue weighted by Gasteiger charge is 2.13. The second-order valence-corrected chi connectivity index (χ2v) is 6.68. The first-order valence-electron chi connectivity index (χ1n) is 8.84. The molecule has 0 aliphatic heterocycles. The Bertz CT molecular complexity index is 1070. The number of H-pyrrole nitrogens is 1. The molecule has 0 bridgehead atoms. The van der Waals surface area contributed by atoms with Crippen LogP contribution in [0.25, 0.3) is 22.7 Å². The summed E-state index contributed by atoms with van der Waals surface area (Å²) in [5.74, 6) is 2.54. The highest BCUT2D eigenvalue weighted by molar-refractivity contribution is 9.10. The Morgan fingerprint density at radius 2 is 1.93 bits per heavy atom. The van der Waals surface area contributed by atoms with Gasteiger partial charge in [-0.15, -0.1) is 0 Å². The minimum absolute atomic E-state index is 0.396. The first-order valence-corrected chi connectivity index (χ1v) is 9.64. The van der Waals surface area contributed by atoms with E-state index in [0.717, 1.165) is 26.8 Å². The monoisotopic (exact) mass is 441 g/mol. The van der Waals surface area contributed by atoms with Gasteiger partial charge in [-0.2, -0.15) is 5.26 Å². The summed E-state index contributed by atoms with van der Waals surface area (Å²) in [5, 5.41) is 9.72. The number of benzene rings is 2. The molecule has 0 unspecified atom stereocenters. The maximum absolute atomic E-state index is 9.72. The van der Waals surface area contributed by atoms with Crippen molar-refractivity contribution in [3.63, 3.8) is 0 Å². The number of hydrogen-bond acceptors (Lipinski definition) is 5. The molecule has 0 atom stereocenters. The maximum Gasteiger partial charge on any atom is 0.149 e. The molecule has 0 saturated carbocycles. The van der Waals surface area contributed by atoms with Crippen molar-refractivity contribution in [3.8, 4) is 23.3 Å². The number of imidazole rings is 1. The van der Waals surface area contributed by atoms with Crippen molar-refractivity contribution >= 4 is 38.6 Å². The molecule has 0 aliphatic carbocycles. The van der Waals surface area contributed by atoms with Crippen molar-refractivity contribution in [1.82, 2.24) is 9.97 Å². The molecule has 1 N–H and O–H groups in total. The van der Waals surface area contributed by atoms with Crippen LogP contribution in [-0.2, 0) is 0 Å². The van der Waals surface area contributed by atoms with Gasteiger partial charge in [-0.05, 0) is 54.1 Å². The van der Waals surface area contributed by atoms with Gasteiger partial charge in [0.2, 0.25) is 0 Å². The van der Waals surface area contributed by atoms with E-state index in [1.54, 1.807) is 13.2 Å². The lowest BCUT2D eigenvalue weighted by atomic mass is 10.1. The Balaban J connectivity index is 2.07. The second-order valence-electron chi connectivity index (χ2n) is 5.82. The van der Waals surface area contributed by atoms with Gasteiger partial charge in [0.1, 0.15) is 29.1 Å². The van der Waals surface area contributed by atoms with Gasteiger partial charge >= 0.3 is 0 Å². The Morgan fingerprint density at radius 3 is 2.61 bits per heavy atom. The fourth-order valence-corrected chi connectivity index (χ4v) is 3.24. The predicted octanol–water partition coefficient (Wildman–Crippen LogP) is 5.20. The molecule has 6 nitrogen and oxygen atoms in total. The first kappa shape index (κ1) is 19.8. The lowest BCUT2D eigenvalue weighted by Crippen LogP contribution is -1.98. The topological polar surface area (TPSA) is 80.2 Å². The van der Waals surface area contributed by atoms with Crippen LogP contribution in [0.3, 0.4) is 0 Å². The number of nitrogens with one attached hydrogen (secondary N) is 1. The fraction of sp³-hybridized carbons (Fsp3) is 0.238. The van der Waals surface area contributed by atoms with E-state index in [2.05, 4.69) is 32.0 Å². The summed E-state index contributed by atoms with van der Waals surface area (Å²) < 4.78 is 17.4. The lowest BCUT2D eigenvalue weighted by Gasteiger charge is -2.12. The van der Waals surface area contributed by atoms with E-state index >= 15 is 0 Å². The van der Waals surface area contributed by atoms with E-state index < -0.39 is 0 Å². The van der Waals surface area contributed by atoms with Crippen LogP contribution in [-0.4, -0.2) is 30.3 Å². The summed E-state index contributed by atoms with van der Waals surface area (Å²) in [6, 6.07) is 11.4. The van der Waals surface area contributed by atoms with Crippen molar-refractivity contribution in [2.75, 3.05) is 20.3 Å². The Kier molecular flexibility index (Phi) is 6.22. The molecule has 3 rings (SSSR count). The number of nitriles is 1. The molecule has 0 radical (unpaired) electrons. The molecule has 0 fully saturated rings. The zero-order valence-electron chi connectivity index (χ0n) is 15.9. The first-order chi connectivity index (χ1) is 13.6. The van der Waals surface area contributed by atoms with Crippen molar-refractivity contribution < 1.29 is 14.2 Å². The maximum atomic E-state index is 9.72. The Labute approximate surface area is 171 Å². The summed E-state index contributed by atoms with van der Waals surface area (Å²) in [6.07, 6.45) is 1.75. The largest absolute Gasteiger partial charge is 0.497 e. The van der Waals surface area contributed by atoms with Gasteiger partial charge in [0.05, 0.1) is 41.4 Å². The molecular weight excluding hydrogens is 422 g/mol. The fourth-order valence-electron chi connectivity index (χ4n) is 2.76.